The van der Waals surface area contributed by atoms with Crippen molar-refractivity contribution in [2.24, 2.45) is 0 Å². The summed E-state index contributed by atoms with van der Waals surface area (Å²) >= 11 is 3.47. The number of piperidine rings is 1. The van der Waals surface area contributed by atoms with Crippen molar-refractivity contribution in [1.29, 1.82) is 0 Å². The summed E-state index contributed by atoms with van der Waals surface area (Å²) < 4.78 is 7.09. The van der Waals surface area contributed by atoms with Crippen LogP contribution in [-0.4, -0.2) is 24.0 Å². The fourth-order valence-corrected chi connectivity index (χ4v) is 3.89. The van der Waals surface area contributed by atoms with Crippen LogP contribution in [0.15, 0.2) is 75.6 Å². The molecule has 2 heterocycles. The lowest BCUT2D eigenvalue weighted by molar-refractivity contribution is 0.189. The van der Waals surface area contributed by atoms with E-state index in [0.29, 0.717) is 6.04 Å². The minimum atomic E-state index is 0. The number of rotatable bonds is 6. The first-order chi connectivity index (χ1) is 13.3. The molecule has 2 aromatic carbocycles. The molecule has 0 bridgehead atoms. The van der Waals surface area contributed by atoms with E-state index in [2.05, 4.69) is 80.7 Å². The van der Waals surface area contributed by atoms with Crippen LogP contribution in [0.25, 0.3) is 11.3 Å². The Morgan fingerprint density at radius 1 is 0.897 bits per heavy atom. The Labute approximate surface area is 193 Å². The standard InChI is InChI=1S/C23H25BrN2O.2ClH/c24-20-8-6-19(7-9-20)23-11-10-22(27-23)16-25-21-12-14-26(15-13-21)17-18-4-2-1-3-5-18;;/h1-11,21,25H,12-17H2;2*1H. The summed E-state index contributed by atoms with van der Waals surface area (Å²) in [5.74, 6) is 1.93. The molecule has 0 amide bonds. The molecule has 3 nitrogen and oxygen atoms in total. The quantitative estimate of drug-likeness (QED) is 0.432. The van der Waals surface area contributed by atoms with Crippen LogP contribution < -0.4 is 5.32 Å². The molecule has 1 saturated heterocycles. The van der Waals surface area contributed by atoms with Gasteiger partial charge in [-0.3, -0.25) is 4.90 Å². The molecular weight excluding hydrogens is 471 g/mol. The number of hydrogen-bond donors (Lipinski definition) is 1. The molecular formula is C23H27BrCl2N2O. The molecule has 0 saturated carbocycles. The van der Waals surface area contributed by atoms with Gasteiger partial charge in [0, 0.05) is 22.6 Å². The fraction of sp³-hybridized carbons (Fsp3) is 0.304. The number of hydrogen-bond acceptors (Lipinski definition) is 3. The Morgan fingerprint density at radius 3 is 2.28 bits per heavy atom. The van der Waals surface area contributed by atoms with Gasteiger partial charge in [-0.1, -0.05) is 58.4 Å². The van der Waals surface area contributed by atoms with Gasteiger partial charge in [-0.2, -0.15) is 0 Å². The molecule has 0 aliphatic carbocycles. The number of furan rings is 1. The second-order valence-electron chi connectivity index (χ2n) is 7.19. The predicted molar refractivity (Wildman–Crippen MR) is 128 cm³/mol. The highest BCUT2D eigenvalue weighted by atomic mass is 79.9. The summed E-state index contributed by atoms with van der Waals surface area (Å²) in [6.07, 6.45) is 2.38. The van der Waals surface area contributed by atoms with Gasteiger partial charge >= 0.3 is 0 Å². The molecule has 4 rings (SSSR count). The summed E-state index contributed by atoms with van der Waals surface area (Å²) in [6, 6.07) is 23.7. The monoisotopic (exact) mass is 496 g/mol. The van der Waals surface area contributed by atoms with Crippen LogP contribution in [0.5, 0.6) is 0 Å². The van der Waals surface area contributed by atoms with E-state index in [1.165, 1.54) is 18.4 Å². The van der Waals surface area contributed by atoms with E-state index in [1.54, 1.807) is 0 Å². The Balaban J connectivity index is 0.00000150. The normalized spacial score (nSPS) is 14.8. The second-order valence-corrected chi connectivity index (χ2v) is 8.11. The third kappa shape index (κ3) is 6.87. The zero-order chi connectivity index (χ0) is 18.5. The van der Waals surface area contributed by atoms with E-state index in [-0.39, 0.29) is 24.8 Å². The molecule has 6 heteroatoms. The lowest BCUT2D eigenvalue weighted by Crippen LogP contribution is -2.41. The molecule has 29 heavy (non-hydrogen) atoms. The Hall–Kier alpha value is -1.30. The molecule has 0 atom stereocenters. The Kier molecular flexibility index (Phi) is 9.73. The first-order valence-electron chi connectivity index (χ1n) is 9.60. The number of benzene rings is 2. The van der Waals surface area contributed by atoms with Crippen LogP contribution in [0.1, 0.15) is 24.2 Å². The van der Waals surface area contributed by atoms with Crippen LogP contribution in [0.3, 0.4) is 0 Å². The van der Waals surface area contributed by atoms with Gasteiger partial charge in [-0.05, 0) is 55.8 Å². The topological polar surface area (TPSA) is 28.4 Å². The van der Waals surface area contributed by atoms with Gasteiger partial charge in [-0.15, -0.1) is 24.8 Å². The summed E-state index contributed by atoms with van der Waals surface area (Å²) in [5.41, 5.74) is 2.51. The third-order valence-electron chi connectivity index (χ3n) is 5.19. The van der Waals surface area contributed by atoms with Crippen molar-refractivity contribution in [3.05, 3.63) is 82.5 Å². The summed E-state index contributed by atoms with van der Waals surface area (Å²) in [4.78, 5) is 2.55. The zero-order valence-electron chi connectivity index (χ0n) is 16.2. The highest BCUT2D eigenvalue weighted by molar-refractivity contribution is 9.10. The molecule has 1 aliphatic rings. The first-order valence-corrected chi connectivity index (χ1v) is 10.4. The Morgan fingerprint density at radius 2 is 1.59 bits per heavy atom. The van der Waals surface area contributed by atoms with Crippen molar-refractivity contribution >= 4 is 40.7 Å². The lowest BCUT2D eigenvalue weighted by atomic mass is 10.0. The molecule has 1 fully saturated rings. The molecule has 156 valence electrons. The second kappa shape index (κ2) is 11.8. The van der Waals surface area contributed by atoms with Crippen molar-refractivity contribution in [2.75, 3.05) is 13.1 Å². The van der Waals surface area contributed by atoms with E-state index in [4.69, 9.17) is 4.42 Å². The molecule has 3 aromatic rings. The maximum atomic E-state index is 6.01. The van der Waals surface area contributed by atoms with Gasteiger partial charge in [0.05, 0.1) is 6.54 Å². The third-order valence-corrected chi connectivity index (χ3v) is 5.72. The molecule has 0 spiro atoms. The maximum Gasteiger partial charge on any atom is 0.134 e. The molecule has 0 radical (unpaired) electrons. The van der Waals surface area contributed by atoms with E-state index >= 15 is 0 Å². The highest BCUT2D eigenvalue weighted by Gasteiger charge is 2.19. The fourth-order valence-electron chi connectivity index (χ4n) is 3.62. The van der Waals surface area contributed by atoms with Crippen LogP contribution in [0.2, 0.25) is 0 Å². The van der Waals surface area contributed by atoms with E-state index in [1.807, 2.05) is 12.1 Å². The smallest absolute Gasteiger partial charge is 0.134 e. The minimum Gasteiger partial charge on any atom is -0.460 e. The minimum absolute atomic E-state index is 0. The maximum absolute atomic E-state index is 6.01. The van der Waals surface area contributed by atoms with Crippen LogP contribution in [0.4, 0.5) is 0 Å². The average Bonchev–Trinajstić information content (AvgIpc) is 3.18. The molecule has 1 N–H and O–H groups in total. The predicted octanol–water partition coefficient (Wildman–Crippen LogP) is 6.31. The van der Waals surface area contributed by atoms with Crippen LogP contribution in [-0.2, 0) is 13.1 Å². The Bertz CT molecular complexity index is 847. The summed E-state index contributed by atoms with van der Waals surface area (Å²) in [7, 11) is 0. The number of halogens is 3. The van der Waals surface area contributed by atoms with Crippen LogP contribution >= 0.6 is 40.7 Å². The van der Waals surface area contributed by atoms with Crippen molar-refractivity contribution in [3.63, 3.8) is 0 Å². The molecule has 1 aliphatic heterocycles. The lowest BCUT2D eigenvalue weighted by Gasteiger charge is -2.32. The van der Waals surface area contributed by atoms with Crippen molar-refractivity contribution in [2.45, 2.75) is 32.0 Å². The highest BCUT2D eigenvalue weighted by Crippen LogP contribution is 2.24. The first kappa shape index (κ1) is 24.0. The molecule has 0 unspecified atom stereocenters. The van der Waals surface area contributed by atoms with Gasteiger partial charge < -0.3 is 9.73 Å². The number of likely N-dealkylation sites (tertiary alicyclic amines) is 1. The van der Waals surface area contributed by atoms with Gasteiger partial charge in [0.15, 0.2) is 0 Å². The zero-order valence-corrected chi connectivity index (χ0v) is 19.4. The van der Waals surface area contributed by atoms with E-state index in [0.717, 1.165) is 47.7 Å². The summed E-state index contributed by atoms with van der Waals surface area (Å²) in [6.45, 7) is 4.14. The average molecular weight is 498 g/mol. The van der Waals surface area contributed by atoms with Crippen LogP contribution in [0, 0.1) is 0 Å². The van der Waals surface area contributed by atoms with E-state index in [9.17, 15) is 0 Å². The van der Waals surface area contributed by atoms with E-state index < -0.39 is 0 Å². The van der Waals surface area contributed by atoms with Gasteiger partial charge in [0.1, 0.15) is 11.5 Å². The molecule has 1 aromatic heterocycles. The largest absolute Gasteiger partial charge is 0.460 e. The summed E-state index contributed by atoms with van der Waals surface area (Å²) in [5, 5.41) is 3.67. The van der Waals surface area contributed by atoms with Gasteiger partial charge in [0.25, 0.3) is 0 Å². The van der Waals surface area contributed by atoms with Crippen molar-refractivity contribution in [3.8, 4) is 11.3 Å². The van der Waals surface area contributed by atoms with Gasteiger partial charge in [0.2, 0.25) is 0 Å². The number of nitrogens with zero attached hydrogens (tertiary/aromatic N) is 1. The SMILES string of the molecule is Brc1ccc(-c2ccc(CNC3CCN(Cc4ccccc4)CC3)o2)cc1.Cl.Cl. The van der Waals surface area contributed by atoms with Crippen molar-refractivity contribution < 1.29 is 4.42 Å². The number of nitrogens with one attached hydrogen (secondary N) is 1. The van der Waals surface area contributed by atoms with Gasteiger partial charge in [-0.25, -0.2) is 0 Å². The van der Waals surface area contributed by atoms with Crippen molar-refractivity contribution in [1.82, 2.24) is 10.2 Å².